The van der Waals surface area contributed by atoms with E-state index in [1.54, 1.807) is 6.92 Å². The molecule has 0 aromatic heterocycles. The zero-order valence-corrected chi connectivity index (χ0v) is 10.8. The van der Waals surface area contributed by atoms with Crippen LogP contribution in [0.15, 0.2) is 18.2 Å². The maximum atomic E-state index is 13.4. The number of aryl methyl sites for hydroxylation is 1. The molecule has 2 rings (SSSR count). The Kier molecular flexibility index (Phi) is 3.53. The topological polar surface area (TPSA) is 26.0 Å². The van der Waals surface area contributed by atoms with Gasteiger partial charge in [-0.05, 0) is 43.4 Å². The third kappa shape index (κ3) is 2.23. The second-order valence-corrected chi connectivity index (χ2v) is 5.38. The average molecular weight is 235 g/mol. The second kappa shape index (κ2) is 4.77. The predicted octanol–water partition coefficient (Wildman–Crippen LogP) is 3.80. The summed E-state index contributed by atoms with van der Waals surface area (Å²) in [7, 11) is 0. The predicted molar refractivity (Wildman–Crippen MR) is 69.9 cm³/mol. The van der Waals surface area contributed by atoms with Crippen LogP contribution in [0.3, 0.4) is 0 Å². The van der Waals surface area contributed by atoms with Gasteiger partial charge in [0.2, 0.25) is 0 Å². The quantitative estimate of drug-likeness (QED) is 0.847. The fourth-order valence-electron chi connectivity index (χ4n) is 3.09. The van der Waals surface area contributed by atoms with E-state index in [1.165, 1.54) is 24.0 Å². The summed E-state index contributed by atoms with van der Waals surface area (Å²) in [6.07, 6.45) is 3.88. The Morgan fingerprint density at radius 1 is 1.35 bits per heavy atom. The van der Waals surface area contributed by atoms with E-state index in [0.29, 0.717) is 6.54 Å². The van der Waals surface area contributed by atoms with Crippen LogP contribution in [-0.4, -0.2) is 6.54 Å². The molecule has 1 aliphatic rings. The fourth-order valence-corrected chi connectivity index (χ4v) is 3.09. The SMILES string of the molecule is Cc1ccc(C(C)F)cc1C1(CN)CCCC1. The van der Waals surface area contributed by atoms with E-state index < -0.39 is 6.17 Å². The van der Waals surface area contributed by atoms with Crippen LogP contribution in [0.4, 0.5) is 4.39 Å². The third-order valence-corrected chi connectivity index (χ3v) is 4.24. The summed E-state index contributed by atoms with van der Waals surface area (Å²) in [5.74, 6) is 0. The van der Waals surface area contributed by atoms with Crippen molar-refractivity contribution in [2.45, 2.75) is 51.1 Å². The van der Waals surface area contributed by atoms with Gasteiger partial charge in [0.1, 0.15) is 6.17 Å². The highest BCUT2D eigenvalue weighted by Crippen LogP contribution is 2.42. The largest absolute Gasteiger partial charge is 0.330 e. The summed E-state index contributed by atoms with van der Waals surface area (Å²) in [4.78, 5) is 0. The van der Waals surface area contributed by atoms with Crippen molar-refractivity contribution in [3.05, 3.63) is 34.9 Å². The van der Waals surface area contributed by atoms with E-state index in [0.717, 1.165) is 18.4 Å². The second-order valence-electron chi connectivity index (χ2n) is 5.38. The molecule has 2 N–H and O–H groups in total. The molecule has 1 aliphatic carbocycles. The smallest absolute Gasteiger partial charge is 0.122 e. The summed E-state index contributed by atoms with van der Waals surface area (Å²) >= 11 is 0. The molecule has 1 saturated carbocycles. The minimum Gasteiger partial charge on any atom is -0.330 e. The Labute approximate surface area is 103 Å². The molecule has 0 aliphatic heterocycles. The third-order valence-electron chi connectivity index (χ3n) is 4.24. The normalized spacial score (nSPS) is 20.5. The van der Waals surface area contributed by atoms with Crippen LogP contribution in [-0.2, 0) is 5.41 Å². The fraction of sp³-hybridized carbons (Fsp3) is 0.600. The van der Waals surface area contributed by atoms with Crippen molar-refractivity contribution >= 4 is 0 Å². The number of alkyl halides is 1. The van der Waals surface area contributed by atoms with E-state index >= 15 is 0 Å². The van der Waals surface area contributed by atoms with Crippen LogP contribution in [0.5, 0.6) is 0 Å². The minimum absolute atomic E-state index is 0.106. The molecule has 0 spiro atoms. The number of hydrogen-bond donors (Lipinski definition) is 1. The lowest BCUT2D eigenvalue weighted by molar-refractivity contribution is 0.372. The highest BCUT2D eigenvalue weighted by molar-refractivity contribution is 5.39. The molecule has 0 heterocycles. The molecule has 1 unspecified atom stereocenters. The number of nitrogens with two attached hydrogens (primary N) is 1. The van der Waals surface area contributed by atoms with Gasteiger partial charge in [0.05, 0.1) is 0 Å². The molecule has 17 heavy (non-hydrogen) atoms. The molecule has 0 radical (unpaired) electrons. The number of benzene rings is 1. The monoisotopic (exact) mass is 235 g/mol. The Hall–Kier alpha value is -0.890. The average Bonchev–Trinajstić information content (AvgIpc) is 2.79. The zero-order valence-electron chi connectivity index (χ0n) is 10.8. The summed E-state index contributed by atoms with van der Waals surface area (Å²) in [6, 6.07) is 5.97. The van der Waals surface area contributed by atoms with Crippen LogP contribution < -0.4 is 5.73 Å². The summed E-state index contributed by atoms with van der Waals surface area (Å²) in [6.45, 7) is 4.38. The lowest BCUT2D eigenvalue weighted by Gasteiger charge is -2.30. The van der Waals surface area contributed by atoms with E-state index in [-0.39, 0.29) is 5.41 Å². The van der Waals surface area contributed by atoms with Crippen molar-refractivity contribution in [2.24, 2.45) is 5.73 Å². The molecule has 1 aromatic carbocycles. The lowest BCUT2D eigenvalue weighted by atomic mass is 9.76. The van der Waals surface area contributed by atoms with Crippen molar-refractivity contribution in [1.82, 2.24) is 0 Å². The molecule has 2 heteroatoms. The van der Waals surface area contributed by atoms with Crippen molar-refractivity contribution in [2.75, 3.05) is 6.54 Å². The van der Waals surface area contributed by atoms with E-state index in [2.05, 4.69) is 6.92 Å². The van der Waals surface area contributed by atoms with Gasteiger partial charge in [-0.15, -0.1) is 0 Å². The van der Waals surface area contributed by atoms with Gasteiger partial charge in [-0.2, -0.15) is 0 Å². The first-order valence-electron chi connectivity index (χ1n) is 6.54. The standard InChI is InChI=1S/C15H22FN/c1-11-5-6-13(12(2)16)9-14(11)15(10-17)7-3-4-8-15/h5-6,9,12H,3-4,7-8,10,17H2,1-2H3. The molecule has 1 fully saturated rings. The van der Waals surface area contributed by atoms with E-state index in [1.807, 2.05) is 18.2 Å². The van der Waals surface area contributed by atoms with E-state index in [9.17, 15) is 4.39 Å². The van der Waals surface area contributed by atoms with Crippen LogP contribution >= 0.6 is 0 Å². The Balaban J connectivity index is 2.45. The van der Waals surface area contributed by atoms with Crippen LogP contribution in [0, 0.1) is 6.92 Å². The molecule has 0 bridgehead atoms. The lowest BCUT2D eigenvalue weighted by Crippen LogP contribution is -2.32. The molecule has 94 valence electrons. The van der Waals surface area contributed by atoms with Crippen LogP contribution in [0.1, 0.15) is 55.5 Å². The van der Waals surface area contributed by atoms with Gasteiger partial charge in [-0.1, -0.05) is 31.0 Å². The van der Waals surface area contributed by atoms with E-state index in [4.69, 9.17) is 5.73 Å². The first-order chi connectivity index (χ1) is 8.09. The van der Waals surface area contributed by atoms with Gasteiger partial charge in [0.15, 0.2) is 0 Å². The summed E-state index contributed by atoms with van der Waals surface area (Å²) in [5, 5.41) is 0. The van der Waals surface area contributed by atoms with Gasteiger partial charge >= 0.3 is 0 Å². The Morgan fingerprint density at radius 2 is 2.00 bits per heavy atom. The molecular weight excluding hydrogens is 213 g/mol. The molecule has 0 amide bonds. The van der Waals surface area contributed by atoms with Crippen LogP contribution in [0.2, 0.25) is 0 Å². The molecule has 1 nitrogen and oxygen atoms in total. The van der Waals surface area contributed by atoms with Gasteiger partial charge < -0.3 is 5.73 Å². The Bertz CT molecular complexity index is 392. The number of halogens is 1. The first kappa shape index (κ1) is 12.6. The van der Waals surface area contributed by atoms with Crippen molar-refractivity contribution in [1.29, 1.82) is 0 Å². The highest BCUT2D eigenvalue weighted by Gasteiger charge is 2.35. The van der Waals surface area contributed by atoms with Crippen LogP contribution in [0.25, 0.3) is 0 Å². The summed E-state index contributed by atoms with van der Waals surface area (Å²) in [5.41, 5.74) is 9.42. The molecule has 1 atom stereocenters. The number of hydrogen-bond acceptors (Lipinski definition) is 1. The summed E-state index contributed by atoms with van der Waals surface area (Å²) < 4.78 is 13.4. The molecular formula is C15H22FN. The van der Waals surface area contributed by atoms with Gasteiger partial charge in [0, 0.05) is 12.0 Å². The molecule has 0 saturated heterocycles. The zero-order chi connectivity index (χ0) is 12.5. The van der Waals surface area contributed by atoms with Gasteiger partial charge in [0.25, 0.3) is 0 Å². The minimum atomic E-state index is -0.898. The molecule has 1 aromatic rings. The maximum Gasteiger partial charge on any atom is 0.122 e. The van der Waals surface area contributed by atoms with Crippen molar-refractivity contribution < 1.29 is 4.39 Å². The maximum absolute atomic E-state index is 13.4. The van der Waals surface area contributed by atoms with Crippen molar-refractivity contribution in [3.63, 3.8) is 0 Å². The Morgan fingerprint density at radius 3 is 2.53 bits per heavy atom. The van der Waals surface area contributed by atoms with Gasteiger partial charge in [-0.3, -0.25) is 0 Å². The van der Waals surface area contributed by atoms with Gasteiger partial charge in [-0.25, -0.2) is 4.39 Å². The van der Waals surface area contributed by atoms with Crippen molar-refractivity contribution in [3.8, 4) is 0 Å². The first-order valence-corrected chi connectivity index (χ1v) is 6.54. The number of rotatable bonds is 3. The highest BCUT2D eigenvalue weighted by atomic mass is 19.1.